The first-order valence-electron chi connectivity index (χ1n) is 6.35. The fourth-order valence-electron chi connectivity index (χ4n) is 2.12. The molecule has 1 aromatic rings. The third-order valence-corrected chi connectivity index (χ3v) is 3.69. The lowest BCUT2D eigenvalue weighted by Crippen LogP contribution is -2.32. The van der Waals surface area contributed by atoms with Gasteiger partial charge < -0.3 is 15.4 Å². The molecule has 5 nitrogen and oxygen atoms in total. The third kappa shape index (κ3) is 3.36. The van der Waals surface area contributed by atoms with Gasteiger partial charge in [0.05, 0.1) is 16.7 Å². The molecule has 1 amide bonds. The highest BCUT2D eigenvalue weighted by Gasteiger charge is 2.24. The number of carbonyl (C=O) groups is 1. The monoisotopic (exact) mass is 283 g/mol. The van der Waals surface area contributed by atoms with E-state index in [1.54, 1.807) is 13.1 Å². The Bertz CT molecular complexity index is 467. The Morgan fingerprint density at radius 3 is 3.00 bits per heavy atom. The second-order valence-electron chi connectivity index (χ2n) is 4.64. The third-order valence-electron chi connectivity index (χ3n) is 3.40. The van der Waals surface area contributed by atoms with Gasteiger partial charge in [-0.1, -0.05) is 11.6 Å². The van der Waals surface area contributed by atoms with Crippen molar-refractivity contribution < 1.29 is 9.53 Å². The fourth-order valence-corrected chi connectivity index (χ4v) is 2.38. The number of nitrogens with one attached hydrogen (secondary N) is 2. The maximum absolute atomic E-state index is 12.0. The van der Waals surface area contributed by atoms with Crippen molar-refractivity contribution in [3.63, 3.8) is 0 Å². The molecule has 1 aliphatic rings. The van der Waals surface area contributed by atoms with Gasteiger partial charge in [0, 0.05) is 32.3 Å². The molecular formula is C13H18ClN3O2. The fraction of sp³-hybridized carbons (Fsp3) is 0.538. The van der Waals surface area contributed by atoms with Gasteiger partial charge in [-0.25, -0.2) is 4.98 Å². The quantitative estimate of drug-likeness (QED) is 0.886. The number of anilines is 1. The summed E-state index contributed by atoms with van der Waals surface area (Å²) >= 11 is 6.00. The molecular weight excluding hydrogens is 266 g/mol. The van der Waals surface area contributed by atoms with E-state index in [9.17, 15) is 4.79 Å². The molecule has 2 heterocycles. The molecule has 19 heavy (non-hydrogen) atoms. The van der Waals surface area contributed by atoms with Crippen molar-refractivity contribution in [2.75, 3.05) is 25.5 Å². The van der Waals surface area contributed by atoms with Crippen molar-refractivity contribution >= 4 is 23.3 Å². The molecule has 2 rings (SSSR count). The first-order valence-corrected chi connectivity index (χ1v) is 6.72. The molecule has 0 aliphatic carbocycles. The summed E-state index contributed by atoms with van der Waals surface area (Å²) in [5, 5.41) is 6.19. The molecule has 1 aliphatic heterocycles. The van der Waals surface area contributed by atoms with Crippen LogP contribution in [0.4, 0.5) is 5.82 Å². The second kappa shape index (κ2) is 6.21. The van der Waals surface area contributed by atoms with Gasteiger partial charge in [0.2, 0.25) is 0 Å². The van der Waals surface area contributed by atoms with Gasteiger partial charge >= 0.3 is 0 Å². The Morgan fingerprint density at radius 1 is 1.63 bits per heavy atom. The average Bonchev–Trinajstić information content (AvgIpc) is 2.81. The van der Waals surface area contributed by atoms with E-state index in [2.05, 4.69) is 15.6 Å². The van der Waals surface area contributed by atoms with Gasteiger partial charge in [0.25, 0.3) is 5.91 Å². The Kier molecular flexibility index (Phi) is 4.61. The molecule has 1 fully saturated rings. The summed E-state index contributed by atoms with van der Waals surface area (Å²) in [7, 11) is 1.73. The summed E-state index contributed by atoms with van der Waals surface area (Å²) in [4.78, 5) is 16.1. The van der Waals surface area contributed by atoms with E-state index in [0.29, 0.717) is 28.9 Å². The summed E-state index contributed by atoms with van der Waals surface area (Å²) < 4.78 is 5.46. The van der Waals surface area contributed by atoms with Crippen molar-refractivity contribution in [1.82, 2.24) is 10.3 Å². The molecule has 2 N–H and O–H groups in total. The molecule has 0 radical (unpaired) electrons. The Hall–Kier alpha value is -1.33. The Labute approximate surface area is 117 Å². The lowest BCUT2D eigenvalue weighted by Gasteiger charge is -2.14. The number of hydrogen-bond donors (Lipinski definition) is 2. The van der Waals surface area contributed by atoms with Gasteiger partial charge in [0.1, 0.15) is 5.82 Å². The van der Waals surface area contributed by atoms with Gasteiger partial charge in [-0.2, -0.15) is 0 Å². The van der Waals surface area contributed by atoms with Crippen LogP contribution in [-0.4, -0.2) is 37.2 Å². The number of halogens is 1. The maximum atomic E-state index is 12.0. The van der Waals surface area contributed by atoms with Crippen LogP contribution in [0.5, 0.6) is 0 Å². The zero-order chi connectivity index (χ0) is 13.8. The van der Waals surface area contributed by atoms with Crippen LogP contribution in [-0.2, 0) is 4.74 Å². The minimum atomic E-state index is -0.156. The van der Waals surface area contributed by atoms with Crippen LogP contribution in [0.15, 0.2) is 12.3 Å². The SMILES string of the molecule is CNc1ncc(C(=O)NCC2CCOC2C)cc1Cl. The molecule has 1 saturated heterocycles. The highest BCUT2D eigenvalue weighted by molar-refractivity contribution is 6.33. The van der Waals surface area contributed by atoms with Crippen molar-refractivity contribution in [3.8, 4) is 0 Å². The molecule has 0 aromatic carbocycles. The van der Waals surface area contributed by atoms with Gasteiger partial charge in [0.15, 0.2) is 0 Å². The highest BCUT2D eigenvalue weighted by atomic mass is 35.5. The van der Waals surface area contributed by atoms with E-state index < -0.39 is 0 Å². The molecule has 2 atom stereocenters. The Morgan fingerprint density at radius 2 is 2.42 bits per heavy atom. The van der Waals surface area contributed by atoms with Crippen molar-refractivity contribution in [2.24, 2.45) is 5.92 Å². The van der Waals surface area contributed by atoms with E-state index in [1.165, 1.54) is 6.20 Å². The van der Waals surface area contributed by atoms with Crippen molar-refractivity contribution in [2.45, 2.75) is 19.4 Å². The summed E-state index contributed by atoms with van der Waals surface area (Å²) in [6.07, 6.45) is 2.70. The first-order chi connectivity index (χ1) is 9.11. The highest BCUT2D eigenvalue weighted by Crippen LogP contribution is 2.21. The predicted molar refractivity (Wildman–Crippen MR) is 74.6 cm³/mol. The number of carbonyl (C=O) groups excluding carboxylic acids is 1. The van der Waals surface area contributed by atoms with Gasteiger partial charge in [-0.3, -0.25) is 4.79 Å². The topological polar surface area (TPSA) is 63.2 Å². The van der Waals surface area contributed by atoms with Crippen LogP contribution >= 0.6 is 11.6 Å². The zero-order valence-corrected chi connectivity index (χ0v) is 11.8. The van der Waals surface area contributed by atoms with Crippen LogP contribution in [0.2, 0.25) is 5.02 Å². The van der Waals surface area contributed by atoms with E-state index in [0.717, 1.165) is 13.0 Å². The van der Waals surface area contributed by atoms with Gasteiger partial charge in [-0.15, -0.1) is 0 Å². The van der Waals surface area contributed by atoms with Crippen molar-refractivity contribution in [1.29, 1.82) is 0 Å². The lowest BCUT2D eigenvalue weighted by molar-refractivity contribution is 0.0907. The summed E-state index contributed by atoms with van der Waals surface area (Å²) in [6, 6.07) is 1.62. The molecule has 1 aromatic heterocycles. The number of rotatable bonds is 4. The van der Waals surface area contributed by atoms with E-state index >= 15 is 0 Å². The summed E-state index contributed by atoms with van der Waals surface area (Å²) in [6.45, 7) is 3.42. The van der Waals surface area contributed by atoms with E-state index in [1.807, 2.05) is 6.92 Å². The number of pyridine rings is 1. The molecule has 0 bridgehead atoms. The normalized spacial score (nSPS) is 22.3. The molecule has 0 spiro atoms. The first kappa shape index (κ1) is 14.1. The number of hydrogen-bond acceptors (Lipinski definition) is 4. The summed E-state index contributed by atoms with van der Waals surface area (Å²) in [5.74, 6) is 0.788. The minimum Gasteiger partial charge on any atom is -0.378 e. The number of ether oxygens (including phenoxy) is 1. The number of nitrogens with zero attached hydrogens (tertiary/aromatic N) is 1. The molecule has 6 heteroatoms. The van der Waals surface area contributed by atoms with E-state index in [-0.39, 0.29) is 12.0 Å². The van der Waals surface area contributed by atoms with Crippen LogP contribution in [0, 0.1) is 5.92 Å². The maximum Gasteiger partial charge on any atom is 0.252 e. The van der Waals surface area contributed by atoms with Crippen molar-refractivity contribution in [3.05, 3.63) is 22.8 Å². The predicted octanol–water partition coefficient (Wildman–Crippen LogP) is 1.93. The molecule has 0 saturated carbocycles. The van der Waals surface area contributed by atoms with Crippen LogP contribution in [0.1, 0.15) is 23.7 Å². The zero-order valence-electron chi connectivity index (χ0n) is 11.1. The smallest absolute Gasteiger partial charge is 0.252 e. The average molecular weight is 284 g/mol. The van der Waals surface area contributed by atoms with Gasteiger partial charge in [-0.05, 0) is 19.4 Å². The van der Waals surface area contributed by atoms with Crippen LogP contribution in [0.25, 0.3) is 0 Å². The standard InChI is InChI=1S/C13H18ClN3O2/c1-8-9(3-4-19-8)6-17-13(18)10-5-11(14)12(15-2)16-7-10/h5,7-9H,3-4,6H2,1-2H3,(H,15,16)(H,17,18). The van der Waals surface area contributed by atoms with Crippen LogP contribution in [0.3, 0.4) is 0 Å². The van der Waals surface area contributed by atoms with Crippen LogP contribution < -0.4 is 10.6 Å². The molecule has 2 unspecified atom stereocenters. The van der Waals surface area contributed by atoms with E-state index in [4.69, 9.17) is 16.3 Å². The second-order valence-corrected chi connectivity index (χ2v) is 5.05. The molecule has 104 valence electrons. The summed E-state index contributed by atoms with van der Waals surface area (Å²) in [5.41, 5.74) is 0.468. The Balaban J connectivity index is 1.94. The minimum absolute atomic E-state index is 0.156. The lowest BCUT2D eigenvalue weighted by atomic mass is 10.0. The number of aromatic nitrogens is 1. The largest absolute Gasteiger partial charge is 0.378 e. The number of amides is 1.